The normalized spacial score (nSPS) is 25.7. The van der Waals surface area contributed by atoms with Gasteiger partial charge in [0.05, 0.1) is 12.1 Å². The molecule has 3 N–H and O–H groups in total. The molecule has 1 aromatic rings. The van der Waals surface area contributed by atoms with E-state index in [1.165, 1.54) is 0 Å². The predicted octanol–water partition coefficient (Wildman–Crippen LogP) is 0.155. The lowest BCUT2D eigenvalue weighted by atomic mass is 9.90. The summed E-state index contributed by atoms with van der Waals surface area (Å²) in [5.41, 5.74) is 0. The molecule has 1 saturated heterocycles. The summed E-state index contributed by atoms with van der Waals surface area (Å²) in [6.45, 7) is 4.93. The molecule has 18 heavy (non-hydrogen) atoms. The van der Waals surface area contributed by atoms with Gasteiger partial charge in [0.25, 0.3) is 0 Å². The summed E-state index contributed by atoms with van der Waals surface area (Å²) in [6, 6.07) is -0.321. The zero-order valence-electron chi connectivity index (χ0n) is 10.8. The summed E-state index contributed by atoms with van der Waals surface area (Å²) in [7, 11) is 0. The minimum atomic E-state index is -0.222. The highest BCUT2D eigenvalue weighted by Gasteiger charge is 2.27. The standard InChI is InChI=1S/C11H20N6O/c1-3-8-4-5-12-9(6-8)11(18)13-7(2)10-14-16-17-15-10/h7-9,12H,3-6H2,1-2H3,(H,13,18)(H,14,15,16,17). The Balaban J connectivity index is 1.87. The van der Waals surface area contributed by atoms with Gasteiger partial charge in [-0.25, -0.2) is 0 Å². The van der Waals surface area contributed by atoms with Gasteiger partial charge in [-0.15, -0.1) is 10.2 Å². The maximum absolute atomic E-state index is 12.1. The first-order chi connectivity index (χ1) is 8.70. The number of nitrogens with one attached hydrogen (secondary N) is 3. The van der Waals surface area contributed by atoms with Gasteiger partial charge in [-0.2, -0.15) is 5.21 Å². The second kappa shape index (κ2) is 5.90. The lowest BCUT2D eigenvalue weighted by Crippen LogP contribution is -2.49. The predicted molar refractivity (Wildman–Crippen MR) is 65.5 cm³/mol. The van der Waals surface area contributed by atoms with E-state index in [1.54, 1.807) is 0 Å². The van der Waals surface area contributed by atoms with Crippen molar-refractivity contribution >= 4 is 5.91 Å². The largest absolute Gasteiger partial charge is 0.345 e. The molecule has 2 heterocycles. The number of nitrogens with zero attached hydrogens (tertiary/aromatic N) is 3. The second-order valence-corrected chi connectivity index (χ2v) is 4.81. The SMILES string of the molecule is CCC1CCNC(C(=O)NC(C)c2nn[nH]n2)C1. The molecule has 7 heteroatoms. The van der Waals surface area contributed by atoms with Crippen molar-refractivity contribution in [2.75, 3.05) is 6.54 Å². The molecule has 2 rings (SSSR count). The molecular formula is C11H20N6O. The zero-order valence-corrected chi connectivity index (χ0v) is 10.8. The molecule has 1 amide bonds. The first-order valence-corrected chi connectivity index (χ1v) is 6.47. The maximum Gasteiger partial charge on any atom is 0.237 e. The lowest BCUT2D eigenvalue weighted by Gasteiger charge is -2.29. The highest BCUT2D eigenvalue weighted by Crippen LogP contribution is 2.19. The quantitative estimate of drug-likeness (QED) is 0.709. The summed E-state index contributed by atoms with van der Waals surface area (Å²) in [6.07, 6.45) is 3.19. The molecule has 7 nitrogen and oxygen atoms in total. The van der Waals surface area contributed by atoms with Crippen LogP contribution in [0.4, 0.5) is 0 Å². The number of tetrazole rings is 1. The summed E-state index contributed by atoms with van der Waals surface area (Å²) >= 11 is 0. The summed E-state index contributed by atoms with van der Waals surface area (Å²) in [4.78, 5) is 12.1. The molecule has 0 bridgehead atoms. The van der Waals surface area contributed by atoms with Crippen LogP contribution < -0.4 is 10.6 Å². The van der Waals surface area contributed by atoms with Crippen molar-refractivity contribution in [3.63, 3.8) is 0 Å². The minimum Gasteiger partial charge on any atom is -0.345 e. The summed E-state index contributed by atoms with van der Waals surface area (Å²) < 4.78 is 0. The molecule has 3 unspecified atom stereocenters. The summed E-state index contributed by atoms with van der Waals surface area (Å²) in [5, 5.41) is 19.8. The van der Waals surface area contributed by atoms with Crippen molar-refractivity contribution in [2.45, 2.75) is 45.2 Å². The topological polar surface area (TPSA) is 95.6 Å². The number of piperidine rings is 1. The number of hydrogen-bond acceptors (Lipinski definition) is 5. The van der Waals surface area contributed by atoms with E-state index in [9.17, 15) is 4.79 Å². The van der Waals surface area contributed by atoms with E-state index in [-0.39, 0.29) is 18.0 Å². The Morgan fingerprint density at radius 1 is 1.61 bits per heavy atom. The average Bonchev–Trinajstić information content (AvgIpc) is 2.92. The van der Waals surface area contributed by atoms with E-state index >= 15 is 0 Å². The Bertz CT molecular complexity index is 379. The van der Waals surface area contributed by atoms with E-state index in [0.717, 1.165) is 25.8 Å². The van der Waals surface area contributed by atoms with Gasteiger partial charge in [-0.05, 0) is 32.2 Å². The Labute approximate surface area is 106 Å². The Morgan fingerprint density at radius 2 is 2.44 bits per heavy atom. The van der Waals surface area contributed by atoms with Crippen molar-refractivity contribution in [2.24, 2.45) is 5.92 Å². The minimum absolute atomic E-state index is 0.0189. The van der Waals surface area contributed by atoms with Crippen LogP contribution >= 0.6 is 0 Å². The maximum atomic E-state index is 12.1. The monoisotopic (exact) mass is 252 g/mol. The first-order valence-electron chi connectivity index (χ1n) is 6.47. The second-order valence-electron chi connectivity index (χ2n) is 4.81. The zero-order chi connectivity index (χ0) is 13.0. The Kier molecular flexibility index (Phi) is 4.24. The van der Waals surface area contributed by atoms with E-state index in [4.69, 9.17) is 0 Å². The molecule has 1 aromatic heterocycles. The number of aromatic amines is 1. The van der Waals surface area contributed by atoms with E-state index in [1.807, 2.05) is 6.92 Å². The molecule has 100 valence electrons. The van der Waals surface area contributed by atoms with E-state index in [2.05, 4.69) is 38.2 Å². The average molecular weight is 252 g/mol. The van der Waals surface area contributed by atoms with Crippen molar-refractivity contribution in [3.05, 3.63) is 5.82 Å². The molecule has 1 aliphatic rings. The molecule has 0 aliphatic carbocycles. The van der Waals surface area contributed by atoms with Crippen molar-refractivity contribution in [1.82, 2.24) is 31.3 Å². The van der Waals surface area contributed by atoms with Crippen LogP contribution in [0.1, 0.15) is 45.0 Å². The fraction of sp³-hybridized carbons (Fsp3) is 0.818. The van der Waals surface area contributed by atoms with Gasteiger partial charge in [-0.1, -0.05) is 18.6 Å². The van der Waals surface area contributed by atoms with Gasteiger partial charge in [0.15, 0.2) is 5.82 Å². The van der Waals surface area contributed by atoms with Gasteiger partial charge in [0.1, 0.15) is 0 Å². The lowest BCUT2D eigenvalue weighted by molar-refractivity contribution is -0.124. The molecule has 0 radical (unpaired) electrons. The molecule has 0 saturated carbocycles. The van der Waals surface area contributed by atoms with Crippen LogP contribution in [-0.4, -0.2) is 39.1 Å². The number of carbonyl (C=O) groups excluding carboxylic acids is 1. The fourth-order valence-electron chi connectivity index (χ4n) is 2.30. The molecule has 1 aliphatic heterocycles. The molecule has 1 fully saturated rings. The van der Waals surface area contributed by atoms with Crippen LogP contribution in [0, 0.1) is 5.92 Å². The van der Waals surface area contributed by atoms with Gasteiger partial charge in [0, 0.05) is 0 Å². The highest BCUT2D eigenvalue weighted by molar-refractivity contribution is 5.82. The third kappa shape index (κ3) is 3.04. The molecule has 0 aromatic carbocycles. The van der Waals surface area contributed by atoms with Gasteiger partial charge >= 0.3 is 0 Å². The molecule has 3 atom stereocenters. The number of aromatic nitrogens is 4. The third-order valence-corrected chi connectivity index (χ3v) is 3.51. The smallest absolute Gasteiger partial charge is 0.237 e. The van der Waals surface area contributed by atoms with Gasteiger partial charge in [-0.3, -0.25) is 4.79 Å². The van der Waals surface area contributed by atoms with Crippen LogP contribution in [0.2, 0.25) is 0 Å². The van der Waals surface area contributed by atoms with Crippen LogP contribution in [0.15, 0.2) is 0 Å². The number of hydrogen-bond donors (Lipinski definition) is 3. The number of amides is 1. The van der Waals surface area contributed by atoms with Crippen molar-refractivity contribution in [1.29, 1.82) is 0 Å². The van der Waals surface area contributed by atoms with Crippen molar-refractivity contribution < 1.29 is 4.79 Å². The molecule has 0 spiro atoms. The van der Waals surface area contributed by atoms with Gasteiger partial charge in [0.2, 0.25) is 5.91 Å². The number of carbonyl (C=O) groups is 1. The third-order valence-electron chi connectivity index (χ3n) is 3.51. The Hall–Kier alpha value is -1.50. The number of rotatable bonds is 4. The van der Waals surface area contributed by atoms with Crippen LogP contribution in [-0.2, 0) is 4.79 Å². The summed E-state index contributed by atoms with van der Waals surface area (Å²) in [5.74, 6) is 1.17. The van der Waals surface area contributed by atoms with Gasteiger partial charge < -0.3 is 10.6 Å². The first kappa shape index (κ1) is 12.9. The van der Waals surface area contributed by atoms with E-state index in [0.29, 0.717) is 11.7 Å². The number of H-pyrrole nitrogens is 1. The van der Waals surface area contributed by atoms with Crippen LogP contribution in [0.3, 0.4) is 0 Å². The highest BCUT2D eigenvalue weighted by atomic mass is 16.2. The van der Waals surface area contributed by atoms with Crippen LogP contribution in [0.25, 0.3) is 0 Å². The molecular weight excluding hydrogens is 232 g/mol. The fourth-order valence-corrected chi connectivity index (χ4v) is 2.30. The Morgan fingerprint density at radius 3 is 3.11 bits per heavy atom. The van der Waals surface area contributed by atoms with Crippen LogP contribution in [0.5, 0.6) is 0 Å². The van der Waals surface area contributed by atoms with E-state index < -0.39 is 0 Å². The van der Waals surface area contributed by atoms with Crippen molar-refractivity contribution in [3.8, 4) is 0 Å².